The quantitative estimate of drug-likeness (QED) is 0.687. The Morgan fingerprint density at radius 2 is 1.88 bits per heavy atom. The van der Waals surface area contributed by atoms with Gasteiger partial charge in [0.1, 0.15) is 11.5 Å². The topological polar surface area (TPSA) is 70.4 Å². The van der Waals surface area contributed by atoms with Crippen LogP contribution in [0.5, 0.6) is 0 Å². The van der Waals surface area contributed by atoms with E-state index in [0.29, 0.717) is 29.1 Å². The van der Waals surface area contributed by atoms with E-state index in [0.717, 1.165) is 57.3 Å². The number of piperidine rings is 1. The van der Waals surface area contributed by atoms with E-state index in [2.05, 4.69) is 22.2 Å². The molecule has 8 heteroatoms. The molecule has 2 saturated carbocycles. The molecule has 6 nitrogen and oxygen atoms in total. The fraction of sp³-hybridized carbons (Fsp3) is 0.600. The highest BCUT2D eigenvalue weighted by atomic mass is 35.5. The van der Waals surface area contributed by atoms with Gasteiger partial charge in [0.25, 0.3) is 5.91 Å². The van der Waals surface area contributed by atoms with Gasteiger partial charge in [0.05, 0.1) is 22.6 Å². The van der Waals surface area contributed by atoms with E-state index >= 15 is 0 Å². The van der Waals surface area contributed by atoms with E-state index in [9.17, 15) is 14.3 Å². The lowest BCUT2D eigenvalue weighted by Gasteiger charge is -2.39. The Morgan fingerprint density at radius 1 is 1.21 bits per heavy atom. The number of halogens is 2. The van der Waals surface area contributed by atoms with Crippen LogP contribution >= 0.6 is 11.6 Å². The van der Waals surface area contributed by atoms with Crippen LogP contribution in [0.4, 0.5) is 10.1 Å². The first-order valence-electron chi connectivity index (χ1n) is 11.9. The van der Waals surface area contributed by atoms with Crippen LogP contribution in [-0.4, -0.2) is 51.2 Å². The molecule has 5 rings (SSSR count). The molecule has 33 heavy (non-hydrogen) atoms. The zero-order chi connectivity index (χ0) is 23.3. The number of benzene rings is 1. The Balaban J connectivity index is 1.28. The van der Waals surface area contributed by atoms with Crippen LogP contribution in [0.25, 0.3) is 0 Å². The first kappa shape index (κ1) is 22.8. The van der Waals surface area contributed by atoms with Crippen LogP contribution in [0.2, 0.25) is 5.02 Å². The van der Waals surface area contributed by atoms with Crippen molar-refractivity contribution in [1.29, 1.82) is 0 Å². The van der Waals surface area contributed by atoms with Crippen molar-refractivity contribution in [3.63, 3.8) is 0 Å². The summed E-state index contributed by atoms with van der Waals surface area (Å²) >= 11 is 5.86. The third-order valence-corrected chi connectivity index (χ3v) is 8.59. The van der Waals surface area contributed by atoms with Crippen molar-refractivity contribution >= 4 is 23.2 Å². The van der Waals surface area contributed by atoms with Gasteiger partial charge in [-0.15, -0.1) is 0 Å². The van der Waals surface area contributed by atoms with Crippen LogP contribution in [0.3, 0.4) is 0 Å². The average molecular weight is 475 g/mol. The maximum Gasteiger partial charge on any atom is 0.274 e. The van der Waals surface area contributed by atoms with Gasteiger partial charge in [-0.1, -0.05) is 11.6 Å². The molecule has 1 aromatic heterocycles. The minimum absolute atomic E-state index is 0.0289. The highest BCUT2D eigenvalue weighted by molar-refractivity contribution is 6.31. The molecule has 178 valence electrons. The third-order valence-electron chi connectivity index (χ3n) is 8.30. The number of nitrogens with one attached hydrogen (secondary N) is 1. The van der Waals surface area contributed by atoms with Gasteiger partial charge in [-0.05, 0) is 94.6 Å². The van der Waals surface area contributed by atoms with Gasteiger partial charge in [0, 0.05) is 18.7 Å². The molecule has 2 aromatic rings. The number of likely N-dealkylation sites (tertiary alicyclic amines) is 1. The van der Waals surface area contributed by atoms with E-state index < -0.39 is 11.4 Å². The number of hydrogen-bond acceptors (Lipinski definition) is 4. The minimum Gasteiger partial charge on any atom is -0.390 e. The van der Waals surface area contributed by atoms with Crippen molar-refractivity contribution in [2.75, 3.05) is 25.5 Å². The van der Waals surface area contributed by atoms with Crippen LogP contribution < -0.4 is 5.32 Å². The highest BCUT2D eigenvalue weighted by Crippen LogP contribution is 2.56. The number of carbonyl (C=O) groups excluding carboxylic acids is 1. The summed E-state index contributed by atoms with van der Waals surface area (Å²) in [6.45, 7) is 2.13. The molecule has 2 N–H and O–H groups in total. The number of carbonyl (C=O) groups is 1. The van der Waals surface area contributed by atoms with Gasteiger partial charge >= 0.3 is 0 Å². The Morgan fingerprint density at radius 3 is 2.52 bits per heavy atom. The summed E-state index contributed by atoms with van der Waals surface area (Å²) in [4.78, 5) is 20.0. The summed E-state index contributed by atoms with van der Waals surface area (Å²) in [7, 11) is 3.97. The second-order valence-electron chi connectivity index (χ2n) is 10.5. The van der Waals surface area contributed by atoms with Gasteiger partial charge in [-0.3, -0.25) is 4.79 Å². The van der Waals surface area contributed by atoms with Crippen molar-refractivity contribution in [1.82, 2.24) is 14.5 Å². The van der Waals surface area contributed by atoms with E-state index in [-0.39, 0.29) is 16.8 Å². The van der Waals surface area contributed by atoms with Crippen LogP contribution in [0.1, 0.15) is 60.6 Å². The number of hydrogen-bond donors (Lipinski definition) is 2. The SMILES string of the molecule is CN1CCC(C2(O)CC3CC(c4ncn(C)c4C(=O)Nc4ccc(F)c(Cl)c4)CC3C2)CC1. The highest BCUT2D eigenvalue weighted by Gasteiger charge is 2.52. The number of nitrogens with zero attached hydrogens (tertiary/aromatic N) is 3. The Kier molecular flexibility index (Phi) is 6.00. The largest absolute Gasteiger partial charge is 0.390 e. The number of imidazole rings is 1. The maximum atomic E-state index is 13.5. The number of aryl methyl sites for hydroxylation is 1. The smallest absolute Gasteiger partial charge is 0.274 e. The number of amides is 1. The molecule has 1 aromatic carbocycles. The second kappa shape index (κ2) is 8.67. The van der Waals surface area contributed by atoms with Gasteiger partial charge < -0.3 is 19.9 Å². The molecule has 2 atom stereocenters. The molecule has 2 aliphatic carbocycles. The lowest BCUT2D eigenvalue weighted by molar-refractivity contribution is -0.0416. The normalized spacial score (nSPS) is 30.5. The van der Waals surface area contributed by atoms with Gasteiger partial charge in [-0.2, -0.15) is 0 Å². The third kappa shape index (κ3) is 4.31. The molecule has 2 heterocycles. The van der Waals surface area contributed by atoms with Crippen LogP contribution in [0.15, 0.2) is 24.5 Å². The molecule has 3 aliphatic rings. The van der Waals surface area contributed by atoms with Crippen molar-refractivity contribution < 1.29 is 14.3 Å². The number of aliphatic hydroxyl groups is 1. The lowest BCUT2D eigenvalue weighted by atomic mass is 9.77. The molecule has 1 amide bonds. The predicted octanol–water partition coefficient (Wildman–Crippen LogP) is 4.44. The molecular formula is C25H32ClFN4O2. The summed E-state index contributed by atoms with van der Waals surface area (Å²) in [6.07, 6.45) is 7.49. The minimum atomic E-state index is -0.534. The molecule has 1 saturated heterocycles. The molecule has 2 unspecified atom stereocenters. The summed E-state index contributed by atoms with van der Waals surface area (Å²) in [5.74, 6) is 0.778. The van der Waals surface area contributed by atoms with Crippen LogP contribution in [0, 0.1) is 23.6 Å². The van der Waals surface area contributed by atoms with Crippen molar-refractivity contribution in [2.24, 2.45) is 24.8 Å². The molecule has 1 aliphatic heterocycles. The maximum absolute atomic E-state index is 13.5. The van der Waals surface area contributed by atoms with E-state index in [1.54, 1.807) is 10.9 Å². The Labute approximate surface area is 199 Å². The Hall–Kier alpha value is -1.96. The summed E-state index contributed by atoms with van der Waals surface area (Å²) in [6, 6.07) is 4.15. The predicted molar refractivity (Wildman–Crippen MR) is 126 cm³/mol. The number of fused-ring (bicyclic) bond motifs is 1. The molecule has 3 fully saturated rings. The first-order chi connectivity index (χ1) is 15.7. The monoisotopic (exact) mass is 474 g/mol. The lowest BCUT2D eigenvalue weighted by Crippen LogP contribution is -2.43. The average Bonchev–Trinajstić information content (AvgIpc) is 3.42. The molecule has 0 spiro atoms. The van der Waals surface area contributed by atoms with Gasteiger partial charge in [0.15, 0.2) is 0 Å². The standard InChI is InChI=1S/C25H32ClFN4O2/c1-30-7-5-18(6-8-30)25(33)12-16-9-15(10-17(16)13-25)22-23(31(2)14-28-22)24(32)29-19-3-4-21(27)20(26)11-19/h3-4,11,14-18,33H,5-10,12-13H2,1-2H3,(H,29,32). The van der Waals surface area contributed by atoms with E-state index in [1.165, 1.54) is 18.2 Å². The van der Waals surface area contributed by atoms with E-state index in [1.807, 2.05) is 7.05 Å². The second-order valence-corrected chi connectivity index (χ2v) is 10.9. The summed E-state index contributed by atoms with van der Waals surface area (Å²) in [5.41, 5.74) is 1.27. The van der Waals surface area contributed by atoms with E-state index in [4.69, 9.17) is 11.6 Å². The Bertz CT molecular complexity index is 1040. The fourth-order valence-electron chi connectivity index (χ4n) is 6.59. The van der Waals surface area contributed by atoms with Crippen molar-refractivity contribution in [3.8, 4) is 0 Å². The van der Waals surface area contributed by atoms with Crippen molar-refractivity contribution in [3.05, 3.63) is 46.8 Å². The van der Waals surface area contributed by atoms with Gasteiger partial charge in [0.2, 0.25) is 0 Å². The number of rotatable bonds is 4. The molecular weight excluding hydrogens is 443 g/mol. The van der Waals surface area contributed by atoms with Gasteiger partial charge in [-0.25, -0.2) is 9.37 Å². The zero-order valence-electron chi connectivity index (χ0n) is 19.2. The fourth-order valence-corrected chi connectivity index (χ4v) is 6.77. The number of aromatic nitrogens is 2. The zero-order valence-corrected chi connectivity index (χ0v) is 20.0. The number of anilines is 1. The first-order valence-corrected chi connectivity index (χ1v) is 12.3. The van der Waals surface area contributed by atoms with Crippen molar-refractivity contribution in [2.45, 2.75) is 50.0 Å². The summed E-state index contributed by atoms with van der Waals surface area (Å²) < 4.78 is 15.2. The van der Waals surface area contributed by atoms with Crippen LogP contribution in [-0.2, 0) is 7.05 Å². The molecule has 0 radical (unpaired) electrons. The summed E-state index contributed by atoms with van der Waals surface area (Å²) in [5, 5.41) is 14.3. The molecule has 0 bridgehead atoms.